The van der Waals surface area contributed by atoms with Crippen LogP contribution in [0.15, 0.2) is 66.7 Å². The van der Waals surface area contributed by atoms with Gasteiger partial charge in [0.25, 0.3) is 0 Å². The lowest BCUT2D eigenvalue weighted by molar-refractivity contribution is 0.595. The van der Waals surface area contributed by atoms with E-state index in [9.17, 15) is 8.42 Å². The smallest absolute Gasteiger partial charge is 0.229 e. The maximum Gasteiger partial charge on any atom is 0.237 e. The molecule has 5 heteroatoms. The van der Waals surface area contributed by atoms with E-state index in [1.807, 2.05) is 66.7 Å². The molecule has 2 heterocycles. The molecule has 0 fully saturated rings. The molecular weight excluding hydrogens is 308 g/mol. The summed E-state index contributed by atoms with van der Waals surface area (Å²) in [5.74, 6) is 0. The van der Waals surface area contributed by atoms with E-state index >= 15 is 0 Å². The monoisotopic (exact) mass is 322 g/mol. The summed E-state index contributed by atoms with van der Waals surface area (Å²) in [6.45, 7) is 0. The summed E-state index contributed by atoms with van der Waals surface area (Å²) in [5.41, 5.74) is 3.71. The third-order valence-corrected chi connectivity index (χ3v) is 4.90. The van der Waals surface area contributed by atoms with Gasteiger partial charge >= 0.3 is 0 Å². The molecule has 1 aliphatic carbocycles. The average molecular weight is 322 g/mol. The molecule has 0 bridgehead atoms. The molecule has 0 spiro atoms. The number of benzene rings is 1. The largest absolute Gasteiger partial charge is 0.237 e. The maximum atomic E-state index is 12.4. The van der Waals surface area contributed by atoms with Crippen LogP contribution in [-0.4, -0.2) is 23.6 Å². The highest BCUT2D eigenvalue weighted by molar-refractivity contribution is 7.89. The zero-order valence-electron chi connectivity index (χ0n) is 12.5. The molecule has 1 aromatic carbocycles. The van der Waals surface area contributed by atoms with Crippen molar-refractivity contribution in [1.82, 2.24) is 8.96 Å². The van der Waals surface area contributed by atoms with Crippen LogP contribution >= 0.6 is 0 Å². The number of aromatic nitrogens is 2. The molecule has 2 aliphatic rings. The van der Waals surface area contributed by atoms with Crippen molar-refractivity contribution in [2.45, 2.75) is 0 Å². The Morgan fingerprint density at radius 1 is 0.913 bits per heavy atom. The van der Waals surface area contributed by atoms with Crippen molar-refractivity contribution in [3.05, 3.63) is 66.7 Å². The fraction of sp³-hybridized carbons (Fsp3) is 0.0556. The van der Waals surface area contributed by atoms with Crippen molar-refractivity contribution in [3.63, 3.8) is 0 Å². The van der Waals surface area contributed by atoms with E-state index in [1.165, 1.54) is 10.2 Å². The van der Waals surface area contributed by atoms with E-state index in [0.29, 0.717) is 11.3 Å². The first-order chi connectivity index (χ1) is 11.1. The Hall–Kier alpha value is -2.66. The van der Waals surface area contributed by atoms with Gasteiger partial charge in [0.15, 0.2) is 5.65 Å². The van der Waals surface area contributed by atoms with E-state index in [2.05, 4.69) is 4.98 Å². The molecular formula is C18H14N2O2S. The highest BCUT2D eigenvalue weighted by atomic mass is 32.2. The van der Waals surface area contributed by atoms with Gasteiger partial charge in [-0.1, -0.05) is 54.6 Å². The number of nitrogens with zero attached hydrogens (tertiary/aromatic N) is 2. The molecule has 0 saturated heterocycles. The highest BCUT2D eigenvalue weighted by Gasteiger charge is 2.23. The van der Waals surface area contributed by atoms with Gasteiger partial charge in [0.1, 0.15) is 0 Å². The lowest BCUT2D eigenvalue weighted by Gasteiger charge is -2.07. The number of rotatable bonds is 2. The van der Waals surface area contributed by atoms with Crippen LogP contribution in [0.5, 0.6) is 0 Å². The third kappa shape index (κ3) is 2.21. The molecule has 1 aromatic heterocycles. The highest BCUT2D eigenvalue weighted by Crippen LogP contribution is 2.36. The summed E-state index contributed by atoms with van der Waals surface area (Å²) in [6.07, 6.45) is 1.21. The van der Waals surface area contributed by atoms with Gasteiger partial charge in [-0.15, -0.1) is 0 Å². The van der Waals surface area contributed by atoms with E-state index in [4.69, 9.17) is 0 Å². The Kier molecular flexibility index (Phi) is 2.99. The molecule has 0 saturated carbocycles. The van der Waals surface area contributed by atoms with E-state index in [0.717, 1.165) is 22.2 Å². The van der Waals surface area contributed by atoms with Crippen LogP contribution in [0.4, 0.5) is 0 Å². The Bertz CT molecular complexity index is 1080. The zero-order chi connectivity index (χ0) is 16.0. The third-order valence-electron chi connectivity index (χ3n) is 3.87. The molecule has 0 N–H and O–H groups in total. The first kappa shape index (κ1) is 14.0. The Labute approximate surface area is 134 Å². The second-order valence-electron chi connectivity index (χ2n) is 5.48. The van der Waals surface area contributed by atoms with Crippen LogP contribution in [0.2, 0.25) is 0 Å². The van der Waals surface area contributed by atoms with Gasteiger partial charge < -0.3 is 0 Å². The molecule has 23 heavy (non-hydrogen) atoms. The van der Waals surface area contributed by atoms with Gasteiger partial charge in [-0.25, -0.2) is 17.4 Å². The molecule has 114 valence electrons. The van der Waals surface area contributed by atoms with Gasteiger partial charge in [-0.3, -0.25) is 0 Å². The van der Waals surface area contributed by atoms with Gasteiger partial charge in [-0.2, -0.15) is 0 Å². The van der Waals surface area contributed by atoms with E-state index < -0.39 is 10.0 Å². The predicted octanol–water partition coefficient (Wildman–Crippen LogP) is 3.62. The standard InChI is InChI=1S/C18H14N2O2S/c1-23(21,22)20-17(13-8-4-2-5-9-13)12-15-14-10-6-3-7-11-16(14)19-18(15)20/h2-12H,1H3. The van der Waals surface area contributed by atoms with Crippen molar-refractivity contribution in [3.8, 4) is 22.5 Å². The molecule has 4 nitrogen and oxygen atoms in total. The van der Waals surface area contributed by atoms with Crippen LogP contribution in [0.25, 0.3) is 33.5 Å². The van der Waals surface area contributed by atoms with Crippen LogP contribution in [0, 0.1) is 0 Å². The lowest BCUT2D eigenvalue weighted by atomic mass is 10.1. The maximum absolute atomic E-state index is 12.4. The van der Waals surface area contributed by atoms with Crippen molar-refractivity contribution in [1.29, 1.82) is 0 Å². The molecule has 0 radical (unpaired) electrons. The van der Waals surface area contributed by atoms with Crippen LogP contribution < -0.4 is 0 Å². The fourth-order valence-electron chi connectivity index (χ4n) is 2.91. The second kappa shape index (κ2) is 4.93. The van der Waals surface area contributed by atoms with Crippen molar-refractivity contribution in [2.75, 3.05) is 6.26 Å². The SMILES string of the molecule is CS(=O)(=O)n1c(-c2ccccc2)cc2c3cccccc-3nc21. The first-order valence-corrected chi connectivity index (χ1v) is 9.07. The Morgan fingerprint density at radius 3 is 2.26 bits per heavy atom. The lowest BCUT2D eigenvalue weighted by Crippen LogP contribution is -2.11. The summed E-state index contributed by atoms with van der Waals surface area (Å²) < 4.78 is 26.1. The minimum atomic E-state index is -3.48. The van der Waals surface area contributed by atoms with Gasteiger partial charge in [-0.05, 0) is 17.7 Å². The second-order valence-corrected chi connectivity index (χ2v) is 7.31. The van der Waals surface area contributed by atoms with Crippen LogP contribution in [-0.2, 0) is 10.0 Å². The van der Waals surface area contributed by atoms with Gasteiger partial charge in [0, 0.05) is 10.9 Å². The molecule has 2 aromatic rings. The summed E-state index contributed by atoms with van der Waals surface area (Å²) in [7, 11) is -3.48. The first-order valence-electron chi connectivity index (χ1n) is 7.22. The normalized spacial score (nSPS) is 12.0. The summed E-state index contributed by atoms with van der Waals surface area (Å²) in [5, 5.41) is 0.848. The van der Waals surface area contributed by atoms with Gasteiger partial charge in [0.05, 0.1) is 17.6 Å². The minimum Gasteiger partial charge on any atom is -0.229 e. The zero-order valence-corrected chi connectivity index (χ0v) is 13.3. The van der Waals surface area contributed by atoms with Crippen molar-refractivity contribution >= 4 is 21.1 Å². The molecule has 0 atom stereocenters. The summed E-state index contributed by atoms with van der Waals surface area (Å²) >= 11 is 0. The Morgan fingerprint density at radius 2 is 1.57 bits per heavy atom. The van der Waals surface area contributed by atoms with E-state index in [1.54, 1.807) is 0 Å². The van der Waals surface area contributed by atoms with Crippen molar-refractivity contribution < 1.29 is 8.42 Å². The molecule has 0 amide bonds. The quantitative estimate of drug-likeness (QED) is 0.566. The number of hydrogen-bond acceptors (Lipinski definition) is 3. The van der Waals surface area contributed by atoms with Gasteiger partial charge in [0.2, 0.25) is 10.0 Å². The van der Waals surface area contributed by atoms with Crippen LogP contribution in [0.3, 0.4) is 0 Å². The van der Waals surface area contributed by atoms with Crippen LogP contribution in [0.1, 0.15) is 0 Å². The topological polar surface area (TPSA) is 52.0 Å². The Balaban J connectivity index is 2.16. The molecule has 0 unspecified atom stereocenters. The summed E-state index contributed by atoms with van der Waals surface area (Å²) in [6, 6.07) is 21.0. The number of fused-ring (bicyclic) bond motifs is 3. The molecule has 1 aliphatic heterocycles. The predicted molar refractivity (Wildman–Crippen MR) is 92.0 cm³/mol. The summed E-state index contributed by atoms with van der Waals surface area (Å²) in [4.78, 5) is 4.55. The fourth-order valence-corrected chi connectivity index (χ4v) is 3.88. The van der Waals surface area contributed by atoms with E-state index in [-0.39, 0.29) is 0 Å². The molecule has 4 rings (SSSR count). The van der Waals surface area contributed by atoms with Crippen molar-refractivity contribution in [2.24, 2.45) is 0 Å². The number of hydrogen-bond donors (Lipinski definition) is 0. The minimum absolute atomic E-state index is 0.479. The average Bonchev–Trinajstić information content (AvgIpc) is 2.95.